The van der Waals surface area contributed by atoms with Crippen LogP contribution in [0.4, 0.5) is 4.39 Å². The molecular formula is C25H29FN2O6. The first-order chi connectivity index (χ1) is 16.4. The molecule has 0 saturated carbocycles. The Kier molecular flexibility index (Phi) is 7.00. The highest BCUT2D eigenvalue weighted by molar-refractivity contribution is 6.01. The zero-order valence-corrected chi connectivity index (χ0v) is 19.6. The van der Waals surface area contributed by atoms with E-state index in [4.69, 9.17) is 21.3 Å². The Morgan fingerprint density at radius 1 is 1.26 bits per heavy atom. The molecule has 0 spiro atoms. The first-order valence-electron chi connectivity index (χ1n) is 11.3. The van der Waals surface area contributed by atoms with Gasteiger partial charge in [0.2, 0.25) is 5.91 Å². The van der Waals surface area contributed by atoms with E-state index in [2.05, 4.69) is 0 Å². The van der Waals surface area contributed by atoms with Crippen molar-refractivity contribution < 1.29 is 34.4 Å². The fourth-order valence-corrected chi connectivity index (χ4v) is 3.61. The molecule has 2 aromatic rings. The molecule has 0 bridgehead atoms. The maximum Gasteiger partial charge on any atom is 0.306 e. The van der Waals surface area contributed by atoms with Crippen LogP contribution in [0.25, 0.3) is 0 Å². The summed E-state index contributed by atoms with van der Waals surface area (Å²) in [6.45, 7) is 4.84. The number of nitrogens with zero attached hydrogens (tertiary/aromatic N) is 1. The number of ether oxygens (including phenoxy) is 3. The Bertz CT molecular complexity index is 1150. The molecule has 0 aliphatic carbocycles. The lowest BCUT2D eigenvalue weighted by Gasteiger charge is -2.26. The molecule has 0 radical (unpaired) electrons. The summed E-state index contributed by atoms with van der Waals surface area (Å²) < 4.78 is 39.1. The van der Waals surface area contributed by atoms with Crippen molar-refractivity contribution in [2.45, 2.75) is 58.4 Å². The predicted molar refractivity (Wildman–Crippen MR) is 122 cm³/mol. The molecule has 2 aromatic carbocycles. The summed E-state index contributed by atoms with van der Waals surface area (Å²) in [5, 5.41) is 0. The topological polar surface area (TPSA) is 108 Å². The molecular weight excluding hydrogens is 443 g/mol. The molecule has 2 amide bonds. The summed E-state index contributed by atoms with van der Waals surface area (Å²) in [6.07, 6.45) is -0.607. The molecule has 0 aromatic heterocycles. The Morgan fingerprint density at radius 2 is 2.00 bits per heavy atom. The molecule has 9 heteroatoms. The normalized spacial score (nSPS) is 15.3. The van der Waals surface area contributed by atoms with Gasteiger partial charge < -0.3 is 24.8 Å². The molecule has 1 aliphatic heterocycles. The number of hydrogen-bond donors (Lipinski definition) is 1. The van der Waals surface area contributed by atoms with Gasteiger partial charge in [0.15, 0.2) is 0 Å². The highest BCUT2D eigenvalue weighted by Crippen LogP contribution is 2.33. The molecule has 1 heterocycles. The Morgan fingerprint density at radius 3 is 2.65 bits per heavy atom. The van der Waals surface area contributed by atoms with E-state index in [1.54, 1.807) is 39.0 Å². The van der Waals surface area contributed by atoms with Crippen molar-refractivity contribution in [1.82, 2.24) is 4.90 Å². The predicted octanol–water partition coefficient (Wildman–Crippen LogP) is 3.34. The van der Waals surface area contributed by atoms with Crippen molar-refractivity contribution in [2.24, 2.45) is 5.73 Å². The minimum Gasteiger partial charge on any atom is -0.497 e. The largest absolute Gasteiger partial charge is 0.497 e. The van der Waals surface area contributed by atoms with Crippen LogP contribution in [0.5, 0.6) is 11.5 Å². The summed E-state index contributed by atoms with van der Waals surface area (Å²) in [5.41, 5.74) is 5.72. The van der Waals surface area contributed by atoms with Crippen LogP contribution in [-0.4, -0.2) is 41.4 Å². The van der Waals surface area contributed by atoms with Crippen molar-refractivity contribution in [1.29, 1.82) is 0 Å². The third-order valence-electron chi connectivity index (χ3n) is 5.16. The highest BCUT2D eigenvalue weighted by atomic mass is 19.1. The second kappa shape index (κ2) is 10.1. The molecule has 0 unspecified atom stereocenters. The van der Waals surface area contributed by atoms with Crippen LogP contribution in [0.3, 0.4) is 0 Å². The Balaban J connectivity index is 1.80. The van der Waals surface area contributed by atoms with Gasteiger partial charge in [-0.25, -0.2) is 4.39 Å². The summed E-state index contributed by atoms with van der Waals surface area (Å²) in [7, 11) is 1.47. The van der Waals surface area contributed by atoms with Gasteiger partial charge in [0.05, 0.1) is 15.0 Å². The van der Waals surface area contributed by atoms with Crippen molar-refractivity contribution in [3.63, 3.8) is 0 Å². The molecule has 182 valence electrons. The average molecular weight is 474 g/mol. The molecule has 0 fully saturated rings. The number of carbonyl (C=O) groups is 3. The van der Waals surface area contributed by atoms with Crippen molar-refractivity contribution in [3.8, 4) is 11.5 Å². The van der Waals surface area contributed by atoms with Gasteiger partial charge in [0.25, 0.3) is 5.91 Å². The molecule has 2 N–H and O–H groups in total. The maximum absolute atomic E-state index is 14.2. The molecule has 3 rings (SSSR count). The third kappa shape index (κ3) is 5.84. The number of methoxy groups -OCH3 is 1. The fraction of sp³-hybridized carbons (Fsp3) is 0.400. The zero-order valence-electron chi connectivity index (χ0n) is 20.6. The van der Waals surface area contributed by atoms with E-state index in [1.807, 2.05) is 0 Å². The van der Waals surface area contributed by atoms with Crippen LogP contribution in [0, 0.1) is 5.82 Å². The lowest BCUT2D eigenvalue weighted by atomic mass is 10.1. The maximum atomic E-state index is 14.2. The molecule has 0 saturated heterocycles. The average Bonchev–Trinajstić information content (AvgIpc) is 3.13. The SMILES string of the molecule is [2H][C@@](CCC(=O)OC(C)(C)C)(C(N)=O)N1Cc2c(OCc3cc(OC)ccc3F)cccc2C1=O. The first-order valence-corrected chi connectivity index (χ1v) is 10.8. The second-order valence-electron chi connectivity index (χ2n) is 8.82. The molecule has 1 aliphatic rings. The first kappa shape index (κ1) is 23.5. The summed E-state index contributed by atoms with van der Waals surface area (Å²) >= 11 is 0. The van der Waals surface area contributed by atoms with E-state index in [0.29, 0.717) is 17.1 Å². The van der Waals surface area contributed by atoms with Crippen molar-refractivity contribution >= 4 is 17.8 Å². The van der Waals surface area contributed by atoms with Crippen molar-refractivity contribution in [2.75, 3.05) is 7.11 Å². The summed E-state index contributed by atoms with van der Waals surface area (Å²) in [4.78, 5) is 38.6. The van der Waals surface area contributed by atoms with E-state index < -0.39 is 35.2 Å². The number of esters is 1. The van der Waals surface area contributed by atoms with E-state index in [0.717, 1.165) is 4.90 Å². The van der Waals surface area contributed by atoms with Crippen LogP contribution >= 0.6 is 0 Å². The standard InChI is InChI=1S/C25H29FN2O6/c1-25(2,3)34-22(29)11-10-20(23(27)30)28-13-18-17(24(28)31)6-5-7-21(18)33-14-15-12-16(32-4)8-9-19(15)26/h5-9,12,20H,10-11,13-14H2,1-4H3,(H2,27,30)/t20-/m1/s1/i20D. The van der Waals surface area contributed by atoms with E-state index in [1.165, 1.54) is 25.3 Å². The van der Waals surface area contributed by atoms with Gasteiger partial charge in [-0.3, -0.25) is 14.4 Å². The minimum atomic E-state index is -2.18. The molecule has 1 atom stereocenters. The third-order valence-corrected chi connectivity index (χ3v) is 5.16. The smallest absolute Gasteiger partial charge is 0.306 e. The van der Waals surface area contributed by atoms with Gasteiger partial charge in [-0.05, 0) is 57.5 Å². The van der Waals surface area contributed by atoms with Gasteiger partial charge in [0.1, 0.15) is 35.5 Å². The number of rotatable bonds is 9. The monoisotopic (exact) mass is 473 g/mol. The number of amides is 2. The van der Waals surface area contributed by atoms with Crippen molar-refractivity contribution in [3.05, 3.63) is 58.9 Å². The van der Waals surface area contributed by atoms with E-state index in [9.17, 15) is 18.8 Å². The quantitative estimate of drug-likeness (QED) is 0.560. The Labute approximate surface area is 199 Å². The number of halogens is 1. The van der Waals surface area contributed by atoms with Gasteiger partial charge in [-0.1, -0.05) is 6.07 Å². The van der Waals surface area contributed by atoms with Crippen LogP contribution in [0.15, 0.2) is 36.4 Å². The Hall–Kier alpha value is -3.62. The fourth-order valence-electron chi connectivity index (χ4n) is 3.61. The number of benzene rings is 2. The number of hydrogen-bond acceptors (Lipinski definition) is 6. The summed E-state index contributed by atoms with van der Waals surface area (Å²) in [5.74, 6) is -1.96. The number of carbonyl (C=O) groups excluding carboxylic acids is 3. The second-order valence-corrected chi connectivity index (χ2v) is 8.82. The number of fused-ring (bicyclic) bond motifs is 1. The van der Waals surface area contributed by atoms with Crippen LogP contribution in [0.2, 0.25) is 0 Å². The van der Waals surface area contributed by atoms with Gasteiger partial charge in [-0.2, -0.15) is 0 Å². The van der Waals surface area contributed by atoms with Crippen LogP contribution in [0.1, 0.15) is 56.5 Å². The van der Waals surface area contributed by atoms with Gasteiger partial charge in [-0.15, -0.1) is 0 Å². The highest BCUT2D eigenvalue weighted by Gasteiger charge is 2.37. The number of primary amides is 1. The van der Waals surface area contributed by atoms with E-state index in [-0.39, 0.29) is 37.1 Å². The van der Waals surface area contributed by atoms with E-state index >= 15 is 0 Å². The molecule has 34 heavy (non-hydrogen) atoms. The lowest BCUT2D eigenvalue weighted by molar-refractivity contribution is -0.155. The molecule has 8 nitrogen and oxygen atoms in total. The zero-order chi connectivity index (χ0) is 26.0. The van der Waals surface area contributed by atoms with Crippen LogP contribution in [-0.2, 0) is 27.5 Å². The lowest BCUT2D eigenvalue weighted by Crippen LogP contribution is -2.45. The van der Waals surface area contributed by atoms with Gasteiger partial charge in [0, 0.05) is 23.1 Å². The van der Waals surface area contributed by atoms with Gasteiger partial charge >= 0.3 is 5.97 Å². The van der Waals surface area contributed by atoms with Crippen LogP contribution < -0.4 is 15.2 Å². The minimum absolute atomic E-state index is 0.131. The number of nitrogens with two attached hydrogens (primary N) is 1. The summed E-state index contributed by atoms with van der Waals surface area (Å²) in [6, 6.07) is 6.84.